The van der Waals surface area contributed by atoms with Gasteiger partial charge in [0.05, 0.1) is 10.0 Å². The predicted molar refractivity (Wildman–Crippen MR) is 79.6 cm³/mol. The van der Waals surface area contributed by atoms with E-state index in [1.165, 1.54) is 18.2 Å². The molecule has 5 heteroatoms. The quantitative estimate of drug-likeness (QED) is 0.711. The topological polar surface area (TPSA) is 12.0 Å². The highest BCUT2D eigenvalue weighted by atomic mass is 35.5. The average Bonchev–Trinajstić information content (AvgIpc) is 2.39. The van der Waals surface area contributed by atoms with Gasteiger partial charge in [0, 0.05) is 11.7 Å². The molecule has 1 N–H and O–H groups in total. The fourth-order valence-corrected chi connectivity index (χ4v) is 2.34. The summed E-state index contributed by atoms with van der Waals surface area (Å²) in [5, 5.41) is 3.00. The molecule has 0 fully saturated rings. The second kappa shape index (κ2) is 5.98. The molecule has 1 unspecified atom stereocenters. The molecule has 0 saturated carbocycles. The number of hydrogen-bond acceptors (Lipinski definition) is 1. The molecule has 0 saturated heterocycles. The van der Waals surface area contributed by atoms with Crippen LogP contribution in [0.5, 0.6) is 0 Å². The lowest BCUT2D eigenvalue weighted by Crippen LogP contribution is -2.07. The van der Waals surface area contributed by atoms with E-state index >= 15 is 0 Å². The molecule has 2 rings (SSSR count). The first-order valence-corrected chi connectivity index (χ1v) is 6.81. The van der Waals surface area contributed by atoms with Crippen LogP contribution in [0.1, 0.15) is 24.1 Å². The summed E-state index contributed by atoms with van der Waals surface area (Å²) in [6.45, 7) is 3.58. The third-order valence-electron chi connectivity index (χ3n) is 3.06. The monoisotopic (exact) mass is 315 g/mol. The van der Waals surface area contributed by atoms with Gasteiger partial charge in [-0.25, -0.2) is 8.78 Å². The van der Waals surface area contributed by atoms with E-state index in [0.717, 1.165) is 5.56 Å². The Morgan fingerprint density at radius 1 is 1.05 bits per heavy atom. The number of anilines is 1. The van der Waals surface area contributed by atoms with Crippen molar-refractivity contribution < 1.29 is 8.78 Å². The van der Waals surface area contributed by atoms with Crippen molar-refractivity contribution in [3.05, 3.63) is 63.1 Å². The van der Waals surface area contributed by atoms with Crippen LogP contribution in [0, 0.1) is 18.6 Å². The van der Waals surface area contributed by atoms with E-state index < -0.39 is 5.82 Å². The summed E-state index contributed by atoms with van der Waals surface area (Å²) in [4.78, 5) is 0. The summed E-state index contributed by atoms with van der Waals surface area (Å²) in [5.41, 5.74) is 1.95. The molecule has 0 radical (unpaired) electrons. The highest BCUT2D eigenvalue weighted by molar-refractivity contribution is 6.35. The molecular formula is C15H13Cl2F2N. The van der Waals surface area contributed by atoms with Crippen LogP contribution < -0.4 is 5.32 Å². The van der Waals surface area contributed by atoms with Gasteiger partial charge in [-0.05, 0) is 43.2 Å². The van der Waals surface area contributed by atoms with E-state index in [0.29, 0.717) is 11.3 Å². The Balaban J connectivity index is 2.23. The molecule has 20 heavy (non-hydrogen) atoms. The maximum absolute atomic E-state index is 13.5. The number of rotatable bonds is 3. The van der Waals surface area contributed by atoms with E-state index in [1.807, 2.05) is 13.0 Å². The normalized spacial score (nSPS) is 12.3. The van der Waals surface area contributed by atoms with Crippen LogP contribution in [0.15, 0.2) is 30.3 Å². The lowest BCUT2D eigenvalue weighted by Gasteiger charge is -2.17. The summed E-state index contributed by atoms with van der Waals surface area (Å²) in [6.07, 6.45) is 0. The van der Waals surface area contributed by atoms with Gasteiger partial charge >= 0.3 is 0 Å². The standard InChI is InChI=1S/C15H13Cl2F2N/c1-8-3-4-10(5-14(8)18)9(2)20-11-6-12(16)15(19)13(17)7-11/h3-7,9,20H,1-2H3. The van der Waals surface area contributed by atoms with Gasteiger partial charge in [0.15, 0.2) is 5.82 Å². The van der Waals surface area contributed by atoms with Crippen LogP contribution in [0.2, 0.25) is 10.0 Å². The number of aryl methyl sites for hydroxylation is 1. The Morgan fingerprint density at radius 3 is 2.20 bits per heavy atom. The number of nitrogens with one attached hydrogen (secondary N) is 1. The molecule has 0 amide bonds. The molecule has 0 bridgehead atoms. The first kappa shape index (κ1) is 15.1. The van der Waals surface area contributed by atoms with Crippen LogP contribution in [0.25, 0.3) is 0 Å². The van der Waals surface area contributed by atoms with Crippen molar-refractivity contribution in [1.29, 1.82) is 0 Å². The highest BCUT2D eigenvalue weighted by Gasteiger charge is 2.11. The molecule has 0 aromatic heterocycles. The third kappa shape index (κ3) is 3.22. The van der Waals surface area contributed by atoms with Crippen molar-refractivity contribution in [2.24, 2.45) is 0 Å². The number of halogens is 4. The van der Waals surface area contributed by atoms with Crippen LogP contribution in [-0.4, -0.2) is 0 Å². The Kier molecular flexibility index (Phi) is 4.51. The third-order valence-corrected chi connectivity index (χ3v) is 3.61. The summed E-state index contributed by atoms with van der Waals surface area (Å²) in [7, 11) is 0. The van der Waals surface area contributed by atoms with E-state index in [9.17, 15) is 8.78 Å². The molecule has 2 aromatic rings. The van der Waals surface area contributed by atoms with Gasteiger partial charge in [0.2, 0.25) is 0 Å². The Morgan fingerprint density at radius 2 is 1.65 bits per heavy atom. The van der Waals surface area contributed by atoms with Crippen molar-refractivity contribution in [1.82, 2.24) is 0 Å². The SMILES string of the molecule is Cc1ccc(C(C)Nc2cc(Cl)c(F)c(Cl)c2)cc1F. The van der Waals surface area contributed by atoms with Gasteiger partial charge in [0.1, 0.15) is 5.82 Å². The second-order valence-electron chi connectivity index (χ2n) is 4.63. The molecule has 0 aliphatic rings. The zero-order valence-corrected chi connectivity index (χ0v) is 12.5. The van der Waals surface area contributed by atoms with Crippen molar-refractivity contribution in [3.63, 3.8) is 0 Å². The summed E-state index contributed by atoms with van der Waals surface area (Å²) < 4.78 is 26.9. The van der Waals surface area contributed by atoms with Gasteiger partial charge in [-0.2, -0.15) is 0 Å². The van der Waals surface area contributed by atoms with Crippen LogP contribution >= 0.6 is 23.2 Å². The Bertz CT molecular complexity index is 621. The minimum atomic E-state index is -0.645. The van der Waals surface area contributed by atoms with Gasteiger partial charge in [-0.15, -0.1) is 0 Å². The van der Waals surface area contributed by atoms with E-state index in [4.69, 9.17) is 23.2 Å². The number of benzene rings is 2. The van der Waals surface area contributed by atoms with E-state index in [2.05, 4.69) is 5.32 Å². The first-order valence-electron chi connectivity index (χ1n) is 6.05. The van der Waals surface area contributed by atoms with Crippen molar-refractivity contribution in [2.75, 3.05) is 5.32 Å². The van der Waals surface area contributed by atoms with Gasteiger partial charge in [-0.1, -0.05) is 35.3 Å². The molecule has 0 heterocycles. The van der Waals surface area contributed by atoms with Crippen LogP contribution in [0.4, 0.5) is 14.5 Å². The highest BCUT2D eigenvalue weighted by Crippen LogP contribution is 2.29. The van der Waals surface area contributed by atoms with Crippen molar-refractivity contribution in [3.8, 4) is 0 Å². The summed E-state index contributed by atoms with van der Waals surface area (Å²) in [6, 6.07) is 7.76. The molecular weight excluding hydrogens is 303 g/mol. The van der Waals surface area contributed by atoms with Gasteiger partial charge < -0.3 is 5.32 Å². The van der Waals surface area contributed by atoms with Gasteiger partial charge in [0.25, 0.3) is 0 Å². The van der Waals surface area contributed by atoms with E-state index in [-0.39, 0.29) is 21.9 Å². The zero-order chi connectivity index (χ0) is 14.9. The molecule has 2 aromatic carbocycles. The maximum Gasteiger partial charge on any atom is 0.160 e. The fraction of sp³-hybridized carbons (Fsp3) is 0.200. The molecule has 0 aliphatic heterocycles. The zero-order valence-electron chi connectivity index (χ0n) is 11.0. The minimum Gasteiger partial charge on any atom is -0.378 e. The fourth-order valence-electron chi connectivity index (χ4n) is 1.85. The molecule has 0 aliphatic carbocycles. The second-order valence-corrected chi connectivity index (χ2v) is 5.44. The lowest BCUT2D eigenvalue weighted by molar-refractivity contribution is 0.614. The average molecular weight is 316 g/mol. The Hall–Kier alpha value is -1.32. The smallest absolute Gasteiger partial charge is 0.160 e. The van der Waals surface area contributed by atoms with Crippen LogP contribution in [-0.2, 0) is 0 Å². The molecule has 106 valence electrons. The predicted octanol–water partition coefficient (Wildman–Crippen LogP) is 5.75. The Labute approximate surface area is 126 Å². The summed E-state index contributed by atoms with van der Waals surface area (Å²) in [5.74, 6) is -0.903. The van der Waals surface area contributed by atoms with Crippen molar-refractivity contribution in [2.45, 2.75) is 19.9 Å². The molecule has 0 spiro atoms. The van der Waals surface area contributed by atoms with E-state index in [1.54, 1.807) is 13.0 Å². The minimum absolute atomic E-state index is 0.0534. The summed E-state index contributed by atoms with van der Waals surface area (Å²) >= 11 is 11.5. The molecule has 1 nitrogen and oxygen atoms in total. The maximum atomic E-state index is 13.5. The largest absolute Gasteiger partial charge is 0.378 e. The first-order chi connectivity index (χ1) is 9.38. The van der Waals surface area contributed by atoms with Gasteiger partial charge in [-0.3, -0.25) is 0 Å². The lowest BCUT2D eigenvalue weighted by atomic mass is 10.1. The number of hydrogen-bond donors (Lipinski definition) is 1. The van der Waals surface area contributed by atoms with Crippen LogP contribution in [0.3, 0.4) is 0 Å². The van der Waals surface area contributed by atoms with Crippen molar-refractivity contribution >= 4 is 28.9 Å². The molecule has 1 atom stereocenters.